The molecule has 4 rings (SSSR count). The van der Waals surface area contributed by atoms with Gasteiger partial charge in [0.15, 0.2) is 6.04 Å². The number of H-pyrrole nitrogens is 1. The zero-order chi connectivity index (χ0) is 24.3. The Hall–Kier alpha value is -2.78. The number of aliphatic hydroxyl groups is 1. The Balaban J connectivity index is 1.71. The highest BCUT2D eigenvalue weighted by molar-refractivity contribution is 6.03. The fraction of sp³-hybridized carbons (Fsp3) is 0.600. The standard InChI is InChI=1S/C25H36N6O3/c1-25(2,3)16-9-11-18(12-10-16)31(24(34)20-13-19(32)14-26-20)22(21-15-27-30-29-21)23(33)28-17-7-5-4-6-8-17/h9-12,15,17,19-20,22,26,32H,4-8,13-14H2,1-3H3,(H,28,33)(H,27,29,30). The van der Waals surface area contributed by atoms with Crippen LogP contribution in [0.25, 0.3) is 0 Å². The summed E-state index contributed by atoms with van der Waals surface area (Å²) in [5.74, 6) is -0.542. The second-order valence-electron chi connectivity index (χ2n) is 10.5. The minimum atomic E-state index is -0.979. The molecule has 1 aliphatic heterocycles. The fourth-order valence-electron chi connectivity index (χ4n) is 4.85. The fourth-order valence-corrected chi connectivity index (χ4v) is 4.85. The zero-order valence-electron chi connectivity index (χ0n) is 20.3. The Kier molecular flexibility index (Phi) is 7.33. The number of aromatic nitrogens is 3. The van der Waals surface area contributed by atoms with Gasteiger partial charge in [0.05, 0.1) is 12.1 Å². The van der Waals surface area contributed by atoms with Crippen molar-refractivity contribution >= 4 is 17.5 Å². The molecule has 2 aromatic rings. The molecule has 0 spiro atoms. The first kappa shape index (κ1) is 24.3. The quantitative estimate of drug-likeness (QED) is 0.516. The minimum Gasteiger partial charge on any atom is -0.392 e. The zero-order valence-corrected chi connectivity index (χ0v) is 20.3. The van der Waals surface area contributed by atoms with Gasteiger partial charge in [0.2, 0.25) is 11.8 Å². The van der Waals surface area contributed by atoms with Crippen molar-refractivity contribution in [2.45, 2.75) is 88.9 Å². The molecule has 2 amide bonds. The van der Waals surface area contributed by atoms with Gasteiger partial charge in [-0.3, -0.25) is 19.6 Å². The van der Waals surface area contributed by atoms with Crippen molar-refractivity contribution in [3.8, 4) is 0 Å². The number of anilines is 1. The van der Waals surface area contributed by atoms with Crippen molar-refractivity contribution in [1.82, 2.24) is 26.0 Å². The van der Waals surface area contributed by atoms with Gasteiger partial charge < -0.3 is 15.7 Å². The van der Waals surface area contributed by atoms with E-state index in [0.29, 0.717) is 24.3 Å². The van der Waals surface area contributed by atoms with E-state index in [9.17, 15) is 14.7 Å². The van der Waals surface area contributed by atoms with Gasteiger partial charge >= 0.3 is 0 Å². The molecule has 2 fully saturated rings. The summed E-state index contributed by atoms with van der Waals surface area (Å²) in [5, 5.41) is 26.9. The van der Waals surface area contributed by atoms with Crippen molar-refractivity contribution < 1.29 is 14.7 Å². The van der Waals surface area contributed by atoms with Crippen LogP contribution in [0.3, 0.4) is 0 Å². The van der Waals surface area contributed by atoms with Crippen molar-refractivity contribution in [3.05, 3.63) is 41.7 Å². The number of carbonyl (C=O) groups excluding carboxylic acids is 2. The Morgan fingerprint density at radius 3 is 2.41 bits per heavy atom. The summed E-state index contributed by atoms with van der Waals surface area (Å²) in [7, 11) is 0. The largest absolute Gasteiger partial charge is 0.392 e. The lowest BCUT2D eigenvalue weighted by Gasteiger charge is -2.34. The average Bonchev–Trinajstić information content (AvgIpc) is 3.49. The van der Waals surface area contributed by atoms with Crippen LogP contribution in [0.4, 0.5) is 5.69 Å². The Morgan fingerprint density at radius 2 is 1.85 bits per heavy atom. The molecule has 1 aromatic heterocycles. The maximum atomic E-state index is 13.8. The van der Waals surface area contributed by atoms with Gasteiger partial charge in [0.25, 0.3) is 0 Å². The third kappa shape index (κ3) is 5.47. The van der Waals surface area contributed by atoms with Gasteiger partial charge in [-0.15, -0.1) is 5.10 Å². The molecule has 9 nitrogen and oxygen atoms in total. The Labute approximate surface area is 200 Å². The minimum absolute atomic E-state index is 0.0473. The van der Waals surface area contributed by atoms with Crippen molar-refractivity contribution in [1.29, 1.82) is 0 Å². The number of benzene rings is 1. The molecule has 34 heavy (non-hydrogen) atoms. The average molecular weight is 469 g/mol. The first-order valence-corrected chi connectivity index (χ1v) is 12.3. The topological polar surface area (TPSA) is 123 Å². The maximum absolute atomic E-state index is 13.8. The van der Waals surface area contributed by atoms with E-state index in [2.05, 4.69) is 46.8 Å². The second kappa shape index (κ2) is 10.2. The molecule has 0 bridgehead atoms. The lowest BCUT2D eigenvalue weighted by Crippen LogP contribution is -2.51. The normalized spacial score (nSPS) is 22.4. The first-order valence-electron chi connectivity index (χ1n) is 12.3. The summed E-state index contributed by atoms with van der Waals surface area (Å²) < 4.78 is 0. The highest BCUT2D eigenvalue weighted by atomic mass is 16.3. The number of carbonyl (C=O) groups is 2. The summed E-state index contributed by atoms with van der Waals surface area (Å²) >= 11 is 0. The molecule has 1 aromatic carbocycles. The highest BCUT2D eigenvalue weighted by Crippen LogP contribution is 2.32. The van der Waals surface area contributed by atoms with Gasteiger partial charge in [-0.05, 0) is 42.4 Å². The number of β-amino-alcohol motifs (C(OH)–C–C–N with tert-alkyl or cyclic N) is 1. The van der Waals surface area contributed by atoms with E-state index in [4.69, 9.17) is 0 Å². The molecule has 1 saturated heterocycles. The van der Waals surface area contributed by atoms with Crippen molar-refractivity contribution in [2.75, 3.05) is 11.4 Å². The molecule has 0 radical (unpaired) electrons. The molecule has 4 N–H and O–H groups in total. The summed E-state index contributed by atoms with van der Waals surface area (Å²) in [6.07, 6.45) is 6.47. The van der Waals surface area contributed by atoms with Gasteiger partial charge in [-0.2, -0.15) is 0 Å². The van der Waals surface area contributed by atoms with Crippen LogP contribution in [0.1, 0.15) is 76.6 Å². The molecule has 1 saturated carbocycles. The smallest absolute Gasteiger partial charge is 0.249 e. The molecular weight excluding hydrogens is 432 g/mol. The molecular formula is C25H36N6O3. The van der Waals surface area contributed by atoms with E-state index in [1.807, 2.05) is 24.3 Å². The third-order valence-electron chi connectivity index (χ3n) is 6.83. The lowest BCUT2D eigenvalue weighted by atomic mass is 9.87. The van der Waals surface area contributed by atoms with Crippen LogP contribution in [0.15, 0.2) is 30.5 Å². The van der Waals surface area contributed by atoms with E-state index in [1.54, 1.807) is 6.20 Å². The second-order valence-corrected chi connectivity index (χ2v) is 10.5. The van der Waals surface area contributed by atoms with E-state index in [-0.39, 0.29) is 23.3 Å². The summed E-state index contributed by atoms with van der Waals surface area (Å²) in [5.41, 5.74) is 2.06. The van der Waals surface area contributed by atoms with E-state index < -0.39 is 18.2 Å². The SMILES string of the molecule is CC(C)(C)c1ccc(N(C(=O)C2CC(O)CN2)C(C(=O)NC2CCCCC2)c2c[nH]nn2)cc1. The van der Waals surface area contributed by atoms with Gasteiger partial charge in [-0.25, -0.2) is 0 Å². The third-order valence-corrected chi connectivity index (χ3v) is 6.83. The highest BCUT2D eigenvalue weighted by Gasteiger charge is 2.40. The number of nitrogens with zero attached hydrogens (tertiary/aromatic N) is 3. The van der Waals surface area contributed by atoms with Crippen LogP contribution >= 0.6 is 0 Å². The van der Waals surface area contributed by atoms with E-state index in [0.717, 1.165) is 31.2 Å². The maximum Gasteiger partial charge on any atom is 0.249 e. The van der Waals surface area contributed by atoms with Crippen molar-refractivity contribution in [3.63, 3.8) is 0 Å². The van der Waals surface area contributed by atoms with Crippen molar-refractivity contribution in [2.24, 2.45) is 0 Å². The summed E-state index contributed by atoms with van der Waals surface area (Å²) in [6, 6.07) is 6.26. The van der Waals surface area contributed by atoms with Crippen LogP contribution in [0.5, 0.6) is 0 Å². The molecule has 9 heteroatoms. The molecule has 184 valence electrons. The summed E-state index contributed by atoms with van der Waals surface area (Å²) in [6.45, 7) is 6.73. The number of nitrogens with one attached hydrogen (secondary N) is 3. The number of amides is 2. The molecule has 3 atom stereocenters. The first-order chi connectivity index (χ1) is 16.2. The lowest BCUT2D eigenvalue weighted by molar-refractivity contribution is -0.128. The van der Waals surface area contributed by atoms with Gasteiger partial charge in [0, 0.05) is 24.5 Å². The number of hydrogen-bond donors (Lipinski definition) is 4. The van der Waals surface area contributed by atoms with E-state index in [1.165, 1.54) is 11.3 Å². The molecule has 2 heterocycles. The van der Waals surface area contributed by atoms with Crippen LogP contribution < -0.4 is 15.5 Å². The molecule has 2 aliphatic rings. The Bertz CT molecular complexity index is 964. The molecule has 1 aliphatic carbocycles. The van der Waals surface area contributed by atoms with Crippen LogP contribution in [0.2, 0.25) is 0 Å². The van der Waals surface area contributed by atoms with Crippen LogP contribution in [0, 0.1) is 0 Å². The summed E-state index contributed by atoms with van der Waals surface area (Å²) in [4.78, 5) is 29.0. The number of rotatable bonds is 6. The van der Waals surface area contributed by atoms with E-state index >= 15 is 0 Å². The molecule has 3 unspecified atom stereocenters. The monoisotopic (exact) mass is 468 g/mol. The number of aliphatic hydroxyl groups excluding tert-OH is 1. The Morgan fingerprint density at radius 1 is 1.15 bits per heavy atom. The van der Waals surface area contributed by atoms with Gasteiger partial charge in [-0.1, -0.05) is 57.4 Å². The number of hydrogen-bond acceptors (Lipinski definition) is 6. The predicted molar refractivity (Wildman–Crippen MR) is 129 cm³/mol. The van der Waals surface area contributed by atoms with Crippen LogP contribution in [-0.2, 0) is 15.0 Å². The predicted octanol–water partition coefficient (Wildman–Crippen LogP) is 2.35. The van der Waals surface area contributed by atoms with Gasteiger partial charge in [0.1, 0.15) is 5.69 Å². The number of aromatic amines is 1. The van der Waals surface area contributed by atoms with Crippen LogP contribution in [-0.4, -0.2) is 57.1 Å².